The van der Waals surface area contributed by atoms with E-state index in [1.165, 1.54) is 0 Å². The topological polar surface area (TPSA) is 182 Å². The van der Waals surface area contributed by atoms with E-state index in [0.29, 0.717) is 5.57 Å². The molecule has 0 aliphatic carbocycles. The SMILES string of the molecule is CC(C)=C(C#N)O[C@@H]1O[C@H](CO[C@H]2OC[C@@H](O)[C@H](O)[C@@H]2O)[C@@H](O)[C@H](O)[C@H]1O. The van der Waals surface area contributed by atoms with E-state index in [4.69, 9.17) is 24.2 Å². The van der Waals surface area contributed by atoms with Crippen molar-refractivity contribution in [2.45, 2.75) is 69.2 Å². The van der Waals surface area contributed by atoms with E-state index in [-0.39, 0.29) is 12.4 Å². The molecule has 0 radical (unpaired) electrons. The highest BCUT2D eigenvalue weighted by Crippen LogP contribution is 2.26. The molecule has 0 spiro atoms. The Hall–Kier alpha value is -1.33. The average molecular weight is 391 g/mol. The van der Waals surface area contributed by atoms with Crippen LogP contribution in [0.5, 0.6) is 0 Å². The highest BCUT2D eigenvalue weighted by Gasteiger charge is 2.46. The van der Waals surface area contributed by atoms with Crippen molar-refractivity contribution in [2.24, 2.45) is 0 Å². The number of aliphatic hydroxyl groups is 6. The zero-order valence-corrected chi connectivity index (χ0v) is 14.9. The number of aliphatic hydroxyl groups excluding tert-OH is 6. The molecule has 11 heteroatoms. The minimum atomic E-state index is -1.64. The van der Waals surface area contributed by atoms with Crippen LogP contribution in [-0.4, -0.2) is 99.2 Å². The van der Waals surface area contributed by atoms with Crippen molar-refractivity contribution in [1.29, 1.82) is 5.26 Å². The van der Waals surface area contributed by atoms with E-state index in [1.54, 1.807) is 19.9 Å². The van der Waals surface area contributed by atoms with Crippen molar-refractivity contribution < 1.29 is 49.6 Å². The molecule has 0 unspecified atom stereocenters. The maximum absolute atomic E-state index is 10.1. The van der Waals surface area contributed by atoms with Crippen LogP contribution in [0.25, 0.3) is 0 Å². The first-order valence-corrected chi connectivity index (χ1v) is 8.38. The van der Waals surface area contributed by atoms with Crippen LogP contribution in [0.4, 0.5) is 0 Å². The van der Waals surface area contributed by atoms with Gasteiger partial charge in [0, 0.05) is 0 Å². The van der Waals surface area contributed by atoms with E-state index in [9.17, 15) is 30.6 Å². The van der Waals surface area contributed by atoms with Crippen LogP contribution >= 0.6 is 0 Å². The van der Waals surface area contributed by atoms with Gasteiger partial charge in [0.25, 0.3) is 0 Å². The summed E-state index contributed by atoms with van der Waals surface area (Å²) in [6.45, 7) is 2.56. The van der Waals surface area contributed by atoms with Crippen molar-refractivity contribution >= 4 is 0 Å². The van der Waals surface area contributed by atoms with Crippen molar-refractivity contribution in [3.05, 3.63) is 11.3 Å². The first-order valence-electron chi connectivity index (χ1n) is 8.38. The molecule has 2 rings (SSSR count). The third-order valence-electron chi connectivity index (χ3n) is 4.34. The Labute approximate surface area is 155 Å². The van der Waals surface area contributed by atoms with Gasteiger partial charge in [-0.15, -0.1) is 0 Å². The van der Waals surface area contributed by atoms with Gasteiger partial charge in [0.15, 0.2) is 12.0 Å². The molecule has 6 N–H and O–H groups in total. The molecule has 0 amide bonds. The molecule has 0 aromatic carbocycles. The van der Waals surface area contributed by atoms with Crippen molar-refractivity contribution in [2.75, 3.05) is 13.2 Å². The lowest BCUT2D eigenvalue weighted by molar-refractivity contribution is -0.314. The molecule has 2 aliphatic rings. The van der Waals surface area contributed by atoms with Crippen molar-refractivity contribution in [3.63, 3.8) is 0 Å². The lowest BCUT2D eigenvalue weighted by Gasteiger charge is -2.41. The number of rotatable bonds is 5. The van der Waals surface area contributed by atoms with Gasteiger partial charge in [0.1, 0.15) is 48.8 Å². The van der Waals surface area contributed by atoms with Gasteiger partial charge in [0.2, 0.25) is 6.29 Å². The standard InChI is InChI=1S/C16H25NO10/c1-6(2)8(3-17)26-16-14(23)12(21)11(20)9(27-16)5-25-15-13(22)10(19)7(18)4-24-15/h7,9-16,18-23H,4-5H2,1-2H3/t7-,9-,10+,11-,12+,13+,14-,15-,16-/m1/s1. The number of hydrogen-bond donors (Lipinski definition) is 6. The van der Waals surface area contributed by atoms with Gasteiger partial charge in [0.05, 0.1) is 13.2 Å². The fourth-order valence-corrected chi connectivity index (χ4v) is 2.64. The van der Waals surface area contributed by atoms with Crippen LogP contribution in [0.2, 0.25) is 0 Å². The van der Waals surface area contributed by atoms with Crippen LogP contribution in [0.3, 0.4) is 0 Å². The number of ether oxygens (including phenoxy) is 4. The molecule has 2 saturated heterocycles. The van der Waals surface area contributed by atoms with E-state index < -0.39 is 61.9 Å². The fraction of sp³-hybridized carbons (Fsp3) is 0.812. The maximum atomic E-state index is 10.1. The monoisotopic (exact) mass is 391 g/mol. The highest BCUT2D eigenvalue weighted by molar-refractivity contribution is 5.19. The van der Waals surface area contributed by atoms with E-state index >= 15 is 0 Å². The van der Waals surface area contributed by atoms with Gasteiger partial charge in [-0.1, -0.05) is 0 Å². The first-order chi connectivity index (χ1) is 12.7. The Bertz CT molecular complexity index is 574. The molecule has 0 aromatic rings. The molecule has 2 fully saturated rings. The number of nitriles is 1. The van der Waals surface area contributed by atoms with Gasteiger partial charge >= 0.3 is 0 Å². The molecule has 154 valence electrons. The number of nitrogens with zero attached hydrogens (tertiary/aromatic N) is 1. The Morgan fingerprint density at radius 1 is 0.963 bits per heavy atom. The third kappa shape index (κ3) is 4.94. The largest absolute Gasteiger partial charge is 0.452 e. The zero-order chi connectivity index (χ0) is 20.3. The Balaban J connectivity index is 2.01. The molecule has 27 heavy (non-hydrogen) atoms. The summed E-state index contributed by atoms with van der Waals surface area (Å²) in [5, 5.41) is 68.0. The van der Waals surface area contributed by atoms with Crippen LogP contribution in [-0.2, 0) is 18.9 Å². The normalized spacial score (nSPS) is 42.3. The van der Waals surface area contributed by atoms with Crippen LogP contribution < -0.4 is 0 Å². The molecule has 2 heterocycles. The molecular weight excluding hydrogens is 366 g/mol. The van der Waals surface area contributed by atoms with Gasteiger partial charge in [-0.3, -0.25) is 0 Å². The minimum absolute atomic E-state index is 0.106. The van der Waals surface area contributed by atoms with Crippen LogP contribution in [0, 0.1) is 11.3 Å². The molecule has 2 aliphatic heterocycles. The van der Waals surface area contributed by atoms with Crippen LogP contribution in [0.15, 0.2) is 11.3 Å². The van der Waals surface area contributed by atoms with Gasteiger partial charge < -0.3 is 49.6 Å². The molecule has 0 bridgehead atoms. The Kier molecular flexibility index (Phi) is 7.52. The van der Waals surface area contributed by atoms with Gasteiger partial charge in [-0.25, -0.2) is 0 Å². The van der Waals surface area contributed by atoms with E-state index in [2.05, 4.69) is 0 Å². The zero-order valence-electron chi connectivity index (χ0n) is 14.9. The molecule has 11 nitrogen and oxygen atoms in total. The second-order valence-electron chi connectivity index (χ2n) is 6.66. The summed E-state index contributed by atoms with van der Waals surface area (Å²) in [6.07, 6.45) is -13.0. The summed E-state index contributed by atoms with van der Waals surface area (Å²) in [5.41, 5.74) is 0.521. The third-order valence-corrected chi connectivity index (χ3v) is 4.34. The summed E-state index contributed by atoms with van der Waals surface area (Å²) in [6, 6.07) is 1.80. The summed E-state index contributed by atoms with van der Waals surface area (Å²) >= 11 is 0. The van der Waals surface area contributed by atoms with E-state index in [1.807, 2.05) is 0 Å². The Morgan fingerprint density at radius 3 is 2.19 bits per heavy atom. The second-order valence-corrected chi connectivity index (χ2v) is 6.66. The predicted molar refractivity (Wildman–Crippen MR) is 85.5 cm³/mol. The van der Waals surface area contributed by atoms with Crippen LogP contribution in [0.1, 0.15) is 13.8 Å². The number of hydrogen-bond acceptors (Lipinski definition) is 11. The number of allylic oxidation sites excluding steroid dienone is 2. The van der Waals surface area contributed by atoms with Crippen molar-refractivity contribution in [3.8, 4) is 6.07 Å². The quantitative estimate of drug-likeness (QED) is 0.209. The second kappa shape index (κ2) is 9.24. The van der Waals surface area contributed by atoms with Gasteiger partial charge in [-0.2, -0.15) is 5.26 Å². The van der Waals surface area contributed by atoms with Crippen molar-refractivity contribution in [1.82, 2.24) is 0 Å². The molecule has 9 atom stereocenters. The maximum Gasteiger partial charge on any atom is 0.230 e. The average Bonchev–Trinajstić information content (AvgIpc) is 2.64. The molecule has 0 saturated carbocycles. The summed E-state index contributed by atoms with van der Waals surface area (Å²) in [4.78, 5) is 0. The first kappa shape index (κ1) is 22.0. The lowest BCUT2D eigenvalue weighted by Crippen LogP contribution is -2.60. The Morgan fingerprint density at radius 2 is 1.59 bits per heavy atom. The minimum Gasteiger partial charge on any atom is -0.452 e. The predicted octanol–water partition coefficient (Wildman–Crippen LogP) is -2.92. The molecular formula is C16H25NO10. The molecule has 0 aromatic heterocycles. The smallest absolute Gasteiger partial charge is 0.230 e. The highest BCUT2D eigenvalue weighted by atomic mass is 16.7. The fourth-order valence-electron chi connectivity index (χ4n) is 2.64. The van der Waals surface area contributed by atoms with Gasteiger partial charge in [-0.05, 0) is 19.4 Å². The lowest BCUT2D eigenvalue weighted by atomic mass is 9.99. The summed E-state index contributed by atoms with van der Waals surface area (Å²) in [7, 11) is 0. The summed E-state index contributed by atoms with van der Waals surface area (Å²) in [5.74, 6) is -0.106. The van der Waals surface area contributed by atoms with E-state index in [0.717, 1.165) is 0 Å². The summed E-state index contributed by atoms with van der Waals surface area (Å²) < 4.78 is 21.0.